The zero-order valence-electron chi connectivity index (χ0n) is 14.8. The maximum atomic E-state index is 10.7. The summed E-state index contributed by atoms with van der Waals surface area (Å²) in [4.78, 5) is 14.4. The van der Waals surface area contributed by atoms with E-state index in [1.165, 1.54) is 12.1 Å². The molecule has 0 radical (unpaired) electrons. The smallest absolute Gasteiger partial charge is 0.269 e. The highest BCUT2D eigenvalue weighted by atomic mass is 127. The van der Waals surface area contributed by atoms with Crippen molar-refractivity contribution in [1.82, 2.24) is 10.6 Å². The Balaban J connectivity index is 0.00000261. The summed E-state index contributed by atoms with van der Waals surface area (Å²) >= 11 is 0. The highest BCUT2D eigenvalue weighted by Gasteiger charge is 2.20. The number of non-ortho nitro benzene ring substituents is 1. The van der Waals surface area contributed by atoms with Crippen molar-refractivity contribution in [3.05, 3.63) is 64.2 Å². The molecule has 0 bridgehead atoms. The number of fused-ring (bicyclic) bond motifs is 1. The quantitative estimate of drug-likeness (QED) is 0.223. The van der Waals surface area contributed by atoms with Gasteiger partial charge in [-0.3, -0.25) is 15.1 Å². The lowest BCUT2D eigenvalue weighted by molar-refractivity contribution is -0.384. The van der Waals surface area contributed by atoms with Gasteiger partial charge in [-0.25, -0.2) is 0 Å². The minimum absolute atomic E-state index is 0. The Bertz CT molecular complexity index is 798. The van der Waals surface area contributed by atoms with E-state index in [1.54, 1.807) is 19.2 Å². The number of nitro benzene ring substituents is 1. The van der Waals surface area contributed by atoms with Gasteiger partial charge in [0.05, 0.1) is 11.5 Å². The van der Waals surface area contributed by atoms with Crippen LogP contribution in [0.15, 0.2) is 53.5 Å². The summed E-state index contributed by atoms with van der Waals surface area (Å²) in [5, 5.41) is 17.0. The van der Waals surface area contributed by atoms with Gasteiger partial charge in [0.25, 0.3) is 5.69 Å². The Morgan fingerprint density at radius 2 is 1.89 bits per heavy atom. The van der Waals surface area contributed by atoms with E-state index in [4.69, 9.17) is 9.47 Å². The van der Waals surface area contributed by atoms with Crippen LogP contribution < -0.4 is 20.1 Å². The zero-order chi connectivity index (χ0) is 18.4. The first kappa shape index (κ1) is 20.7. The molecule has 2 aromatic rings. The number of hydrogen-bond acceptors (Lipinski definition) is 5. The Morgan fingerprint density at radius 1 is 1.19 bits per heavy atom. The first-order valence-corrected chi connectivity index (χ1v) is 8.22. The van der Waals surface area contributed by atoms with Crippen LogP contribution in [0.25, 0.3) is 0 Å². The van der Waals surface area contributed by atoms with Gasteiger partial charge in [0.2, 0.25) is 0 Å². The molecule has 0 saturated carbocycles. The highest BCUT2D eigenvalue weighted by Crippen LogP contribution is 2.30. The van der Waals surface area contributed by atoms with Gasteiger partial charge in [-0.15, -0.1) is 24.0 Å². The molecule has 1 atom stereocenters. The van der Waals surface area contributed by atoms with Crippen LogP contribution in [0.1, 0.15) is 5.56 Å². The molecular weight excluding hydrogens is 463 g/mol. The molecule has 3 rings (SSSR count). The number of ether oxygens (including phenoxy) is 2. The van der Waals surface area contributed by atoms with Gasteiger partial charge in [0.15, 0.2) is 17.5 Å². The topological polar surface area (TPSA) is 98.0 Å². The number of halogens is 1. The van der Waals surface area contributed by atoms with E-state index in [0.29, 0.717) is 25.7 Å². The molecule has 144 valence electrons. The van der Waals surface area contributed by atoms with Gasteiger partial charge in [0.1, 0.15) is 12.7 Å². The van der Waals surface area contributed by atoms with E-state index >= 15 is 0 Å². The summed E-state index contributed by atoms with van der Waals surface area (Å²) in [6, 6.07) is 14.0. The molecule has 0 amide bonds. The second kappa shape index (κ2) is 9.95. The van der Waals surface area contributed by atoms with Crippen molar-refractivity contribution in [3.8, 4) is 11.5 Å². The van der Waals surface area contributed by atoms with Crippen LogP contribution in [-0.2, 0) is 6.54 Å². The molecular formula is C18H21IN4O4. The summed E-state index contributed by atoms with van der Waals surface area (Å²) in [6.07, 6.45) is -0.122. The molecule has 1 aliphatic heterocycles. The summed E-state index contributed by atoms with van der Waals surface area (Å²) in [5.74, 6) is 2.11. The SMILES string of the molecule is CN=C(NCc1ccc([N+](=O)[O-])cc1)NCC1COc2ccccc2O1.I. The molecule has 0 saturated heterocycles. The first-order chi connectivity index (χ1) is 12.7. The number of aliphatic imine (C=N–C) groups is 1. The van der Waals surface area contributed by atoms with Crippen molar-refractivity contribution >= 4 is 35.6 Å². The molecule has 0 aromatic heterocycles. The van der Waals surface area contributed by atoms with Crippen LogP contribution in [0.3, 0.4) is 0 Å². The molecule has 2 aromatic carbocycles. The van der Waals surface area contributed by atoms with Crippen molar-refractivity contribution in [2.45, 2.75) is 12.6 Å². The number of para-hydroxylation sites is 2. The van der Waals surface area contributed by atoms with Gasteiger partial charge in [0, 0.05) is 25.7 Å². The lowest BCUT2D eigenvalue weighted by Gasteiger charge is -2.27. The molecule has 9 heteroatoms. The van der Waals surface area contributed by atoms with Crippen molar-refractivity contribution in [3.63, 3.8) is 0 Å². The van der Waals surface area contributed by atoms with Crippen LogP contribution >= 0.6 is 24.0 Å². The Morgan fingerprint density at radius 3 is 2.56 bits per heavy atom. The van der Waals surface area contributed by atoms with Crippen LogP contribution in [0.4, 0.5) is 5.69 Å². The van der Waals surface area contributed by atoms with E-state index in [9.17, 15) is 10.1 Å². The van der Waals surface area contributed by atoms with Crippen LogP contribution in [0, 0.1) is 10.1 Å². The second-order valence-electron chi connectivity index (χ2n) is 5.73. The lowest BCUT2D eigenvalue weighted by atomic mass is 10.2. The van der Waals surface area contributed by atoms with E-state index in [-0.39, 0.29) is 35.8 Å². The third kappa shape index (κ3) is 5.71. The fraction of sp³-hybridized carbons (Fsp3) is 0.278. The van der Waals surface area contributed by atoms with Gasteiger partial charge in [-0.1, -0.05) is 24.3 Å². The highest BCUT2D eigenvalue weighted by molar-refractivity contribution is 14.0. The third-order valence-corrected chi connectivity index (χ3v) is 3.90. The molecule has 1 aliphatic rings. The molecule has 1 heterocycles. The molecule has 8 nitrogen and oxygen atoms in total. The maximum absolute atomic E-state index is 10.7. The van der Waals surface area contributed by atoms with E-state index in [1.807, 2.05) is 24.3 Å². The Kier molecular flexibility index (Phi) is 7.65. The normalized spacial score (nSPS) is 15.4. The first-order valence-electron chi connectivity index (χ1n) is 8.22. The minimum Gasteiger partial charge on any atom is -0.486 e. The van der Waals surface area contributed by atoms with Crippen LogP contribution in [-0.4, -0.2) is 37.2 Å². The van der Waals surface area contributed by atoms with Crippen molar-refractivity contribution in [2.24, 2.45) is 4.99 Å². The van der Waals surface area contributed by atoms with Crippen molar-refractivity contribution in [2.75, 3.05) is 20.2 Å². The standard InChI is InChI=1S/C18H20N4O4.HI/c1-19-18(20-10-13-6-8-14(9-7-13)22(23)24)21-11-15-12-25-16-4-2-3-5-17(16)26-15;/h2-9,15H,10-12H2,1H3,(H2,19,20,21);1H. The fourth-order valence-electron chi connectivity index (χ4n) is 2.52. The number of nitrogens with one attached hydrogen (secondary N) is 2. The number of guanidine groups is 1. The summed E-state index contributed by atoms with van der Waals surface area (Å²) in [7, 11) is 1.68. The molecule has 0 aliphatic carbocycles. The summed E-state index contributed by atoms with van der Waals surface area (Å²) in [5.41, 5.74) is 0.996. The number of rotatable bonds is 5. The predicted octanol–water partition coefficient (Wildman–Crippen LogP) is 2.72. The van der Waals surface area contributed by atoms with Crippen molar-refractivity contribution < 1.29 is 14.4 Å². The third-order valence-electron chi connectivity index (χ3n) is 3.90. The molecule has 27 heavy (non-hydrogen) atoms. The molecule has 0 spiro atoms. The van der Waals surface area contributed by atoms with Crippen LogP contribution in [0.2, 0.25) is 0 Å². The Hall–Kier alpha value is -2.56. The number of hydrogen-bond donors (Lipinski definition) is 2. The van der Waals surface area contributed by atoms with Crippen LogP contribution in [0.5, 0.6) is 11.5 Å². The lowest BCUT2D eigenvalue weighted by Crippen LogP contribution is -2.45. The Labute approximate surface area is 174 Å². The van der Waals surface area contributed by atoms with Crippen molar-refractivity contribution in [1.29, 1.82) is 0 Å². The number of nitrogens with zero attached hydrogens (tertiary/aromatic N) is 2. The second-order valence-corrected chi connectivity index (χ2v) is 5.73. The average molecular weight is 484 g/mol. The summed E-state index contributed by atoms with van der Waals surface area (Å²) < 4.78 is 11.6. The average Bonchev–Trinajstić information content (AvgIpc) is 2.68. The molecule has 0 fully saturated rings. The maximum Gasteiger partial charge on any atom is 0.269 e. The van der Waals surface area contributed by atoms with E-state index in [2.05, 4.69) is 15.6 Å². The minimum atomic E-state index is -0.415. The fourth-order valence-corrected chi connectivity index (χ4v) is 2.52. The predicted molar refractivity (Wildman–Crippen MR) is 113 cm³/mol. The number of benzene rings is 2. The molecule has 1 unspecified atom stereocenters. The van der Waals surface area contributed by atoms with Gasteiger partial charge in [-0.2, -0.15) is 0 Å². The van der Waals surface area contributed by atoms with Gasteiger partial charge in [-0.05, 0) is 17.7 Å². The summed E-state index contributed by atoms with van der Waals surface area (Å²) in [6.45, 7) is 1.50. The molecule has 2 N–H and O–H groups in total. The largest absolute Gasteiger partial charge is 0.486 e. The zero-order valence-corrected chi connectivity index (χ0v) is 17.1. The monoisotopic (exact) mass is 484 g/mol. The number of nitro groups is 1. The van der Waals surface area contributed by atoms with Gasteiger partial charge >= 0.3 is 0 Å². The van der Waals surface area contributed by atoms with Gasteiger partial charge < -0.3 is 20.1 Å². The van der Waals surface area contributed by atoms with E-state index < -0.39 is 4.92 Å². The van der Waals surface area contributed by atoms with E-state index in [0.717, 1.165) is 17.1 Å².